The summed E-state index contributed by atoms with van der Waals surface area (Å²) in [5, 5.41) is 2.49. The number of hydrogen-bond acceptors (Lipinski definition) is 6. The highest BCUT2D eigenvalue weighted by atomic mass is 35.5. The summed E-state index contributed by atoms with van der Waals surface area (Å²) < 4.78 is 7.74. The van der Waals surface area contributed by atoms with E-state index in [1.165, 1.54) is 22.7 Å². The third kappa shape index (κ3) is 4.30. The van der Waals surface area contributed by atoms with E-state index >= 15 is 0 Å². The Labute approximate surface area is 208 Å². The molecule has 0 radical (unpaired) electrons. The standard InChI is InChI=1S/C26H19ClN2O3S2/c1-16-22(25(31)32-15-17-8-3-2-4-9-17)23(20-12-7-13-33-20)29-24(30)21(34-26(29)28-16)14-18-10-5-6-11-19(18)27/h2-14,23H,15H2,1H3/b21-14-/t23-/m0/s1. The van der Waals surface area contributed by atoms with Crippen LogP contribution in [0.5, 0.6) is 0 Å². The van der Waals surface area contributed by atoms with E-state index in [0.717, 1.165) is 16.0 Å². The first-order valence-electron chi connectivity index (χ1n) is 10.5. The van der Waals surface area contributed by atoms with E-state index < -0.39 is 12.0 Å². The van der Waals surface area contributed by atoms with Crippen LogP contribution in [0.4, 0.5) is 0 Å². The molecule has 0 unspecified atom stereocenters. The average molecular weight is 507 g/mol. The smallest absolute Gasteiger partial charge is 0.338 e. The number of carbonyl (C=O) groups is 1. The second-order valence-corrected chi connectivity index (χ2v) is 10.1. The van der Waals surface area contributed by atoms with Crippen molar-refractivity contribution in [2.45, 2.75) is 19.6 Å². The van der Waals surface area contributed by atoms with Crippen molar-refractivity contribution in [1.29, 1.82) is 0 Å². The van der Waals surface area contributed by atoms with Gasteiger partial charge >= 0.3 is 5.97 Å². The van der Waals surface area contributed by atoms with Gasteiger partial charge in [-0.15, -0.1) is 11.3 Å². The molecule has 170 valence electrons. The Bertz CT molecular complexity index is 1570. The van der Waals surface area contributed by atoms with Crippen molar-refractivity contribution >= 4 is 46.3 Å². The summed E-state index contributed by atoms with van der Waals surface area (Å²) in [6.45, 7) is 1.93. The first kappa shape index (κ1) is 22.5. The molecule has 0 saturated carbocycles. The lowest BCUT2D eigenvalue weighted by Crippen LogP contribution is -2.39. The Hall–Kier alpha value is -3.26. The van der Waals surface area contributed by atoms with E-state index in [4.69, 9.17) is 16.3 Å². The van der Waals surface area contributed by atoms with Crippen molar-refractivity contribution in [2.75, 3.05) is 0 Å². The highest BCUT2D eigenvalue weighted by molar-refractivity contribution is 7.10. The molecule has 0 spiro atoms. The van der Waals surface area contributed by atoms with Gasteiger partial charge in [-0.3, -0.25) is 9.36 Å². The predicted molar refractivity (Wildman–Crippen MR) is 136 cm³/mol. The van der Waals surface area contributed by atoms with Crippen LogP contribution < -0.4 is 14.9 Å². The average Bonchev–Trinajstić information content (AvgIpc) is 3.47. The number of carbonyl (C=O) groups excluding carboxylic acids is 1. The lowest BCUT2D eigenvalue weighted by atomic mass is 10.0. The number of thiazole rings is 1. The summed E-state index contributed by atoms with van der Waals surface area (Å²) in [5.41, 5.74) is 2.33. The maximum atomic E-state index is 13.6. The minimum Gasteiger partial charge on any atom is -0.457 e. The summed E-state index contributed by atoms with van der Waals surface area (Å²) in [7, 11) is 0. The van der Waals surface area contributed by atoms with Gasteiger partial charge in [-0.2, -0.15) is 0 Å². The van der Waals surface area contributed by atoms with E-state index in [1.54, 1.807) is 23.6 Å². The molecule has 5 nitrogen and oxygen atoms in total. The first-order valence-corrected chi connectivity index (χ1v) is 12.6. The molecule has 4 aromatic rings. The molecule has 0 aliphatic carbocycles. The molecule has 34 heavy (non-hydrogen) atoms. The third-order valence-corrected chi connectivity index (χ3v) is 7.71. The van der Waals surface area contributed by atoms with Crippen LogP contribution in [-0.4, -0.2) is 10.5 Å². The zero-order valence-electron chi connectivity index (χ0n) is 18.1. The fraction of sp³-hybridized carbons (Fsp3) is 0.115. The lowest BCUT2D eigenvalue weighted by Gasteiger charge is -2.23. The van der Waals surface area contributed by atoms with Gasteiger partial charge in [-0.1, -0.05) is 77.5 Å². The van der Waals surface area contributed by atoms with Gasteiger partial charge in [0.2, 0.25) is 0 Å². The quantitative estimate of drug-likeness (QED) is 0.369. The number of ether oxygens (including phenoxy) is 1. The molecule has 0 saturated heterocycles. The Balaban J connectivity index is 1.60. The van der Waals surface area contributed by atoms with Crippen LogP contribution in [0.1, 0.15) is 29.0 Å². The van der Waals surface area contributed by atoms with Gasteiger partial charge < -0.3 is 4.74 Å². The Morgan fingerprint density at radius 1 is 1.12 bits per heavy atom. The van der Waals surface area contributed by atoms with Crippen LogP contribution in [0.3, 0.4) is 0 Å². The maximum absolute atomic E-state index is 13.6. The summed E-state index contributed by atoms with van der Waals surface area (Å²) >= 11 is 9.08. The van der Waals surface area contributed by atoms with Crippen molar-refractivity contribution in [2.24, 2.45) is 4.99 Å². The van der Waals surface area contributed by atoms with Crippen LogP contribution in [0.15, 0.2) is 93.2 Å². The highest BCUT2D eigenvalue weighted by Crippen LogP contribution is 2.33. The third-order valence-electron chi connectivity index (χ3n) is 5.46. The second-order valence-electron chi connectivity index (χ2n) is 7.68. The van der Waals surface area contributed by atoms with Crippen LogP contribution in [0.2, 0.25) is 5.02 Å². The van der Waals surface area contributed by atoms with Crippen LogP contribution in [-0.2, 0) is 16.1 Å². The van der Waals surface area contributed by atoms with E-state index in [9.17, 15) is 9.59 Å². The number of aromatic nitrogens is 1. The second kappa shape index (κ2) is 9.54. The SMILES string of the molecule is CC1=C(C(=O)OCc2ccccc2)[C@H](c2cccs2)n2c(s/c(=C\c3ccccc3Cl)c2=O)=N1. The van der Waals surface area contributed by atoms with Crippen molar-refractivity contribution in [3.8, 4) is 0 Å². The topological polar surface area (TPSA) is 60.7 Å². The number of fused-ring (bicyclic) bond motifs is 1. The van der Waals surface area contributed by atoms with E-state index in [1.807, 2.05) is 66.0 Å². The van der Waals surface area contributed by atoms with E-state index in [2.05, 4.69) is 4.99 Å². The van der Waals surface area contributed by atoms with Gasteiger partial charge in [0.1, 0.15) is 12.6 Å². The number of allylic oxidation sites excluding steroid dienone is 1. The molecule has 1 aliphatic rings. The molecular weight excluding hydrogens is 488 g/mol. The van der Waals surface area contributed by atoms with Crippen LogP contribution in [0, 0.1) is 0 Å². The fourth-order valence-electron chi connectivity index (χ4n) is 3.83. The summed E-state index contributed by atoms with van der Waals surface area (Å²) in [6, 6.07) is 20.1. The maximum Gasteiger partial charge on any atom is 0.338 e. The molecule has 2 aromatic carbocycles. The zero-order valence-corrected chi connectivity index (χ0v) is 20.5. The largest absolute Gasteiger partial charge is 0.457 e. The number of hydrogen-bond donors (Lipinski definition) is 0. The van der Waals surface area contributed by atoms with Crippen molar-refractivity contribution < 1.29 is 9.53 Å². The highest BCUT2D eigenvalue weighted by Gasteiger charge is 2.34. The number of benzene rings is 2. The fourth-order valence-corrected chi connectivity index (χ4v) is 5.88. The van der Waals surface area contributed by atoms with Crippen LogP contribution >= 0.6 is 34.3 Å². The van der Waals surface area contributed by atoms with E-state index in [-0.39, 0.29) is 12.2 Å². The van der Waals surface area contributed by atoms with Gasteiger partial charge in [0.15, 0.2) is 4.80 Å². The number of halogens is 1. The molecule has 3 heterocycles. The zero-order chi connectivity index (χ0) is 23.7. The number of esters is 1. The minimum absolute atomic E-state index is 0.143. The van der Waals surface area contributed by atoms with Crippen molar-refractivity contribution in [3.63, 3.8) is 0 Å². The molecule has 0 N–H and O–H groups in total. The first-order chi connectivity index (χ1) is 16.5. The number of rotatable bonds is 5. The van der Waals surface area contributed by atoms with Crippen molar-refractivity contribution in [1.82, 2.24) is 4.57 Å². The number of thiophene rings is 1. The molecule has 0 amide bonds. The normalized spacial score (nSPS) is 15.7. The van der Waals surface area contributed by atoms with Gasteiger partial charge in [0, 0.05) is 9.90 Å². The summed E-state index contributed by atoms with van der Waals surface area (Å²) in [5.74, 6) is -0.483. The summed E-state index contributed by atoms with van der Waals surface area (Å²) in [4.78, 5) is 32.9. The molecule has 2 aromatic heterocycles. The van der Waals surface area contributed by atoms with Crippen molar-refractivity contribution in [3.05, 3.63) is 124 Å². The molecule has 0 fully saturated rings. The molecule has 8 heteroatoms. The molecule has 5 rings (SSSR count). The van der Waals surface area contributed by atoms with Gasteiger partial charge in [0.25, 0.3) is 5.56 Å². The van der Waals surface area contributed by atoms with Crippen LogP contribution in [0.25, 0.3) is 6.08 Å². The van der Waals surface area contributed by atoms with Gasteiger partial charge in [-0.05, 0) is 41.6 Å². The van der Waals surface area contributed by atoms with Gasteiger partial charge in [-0.25, -0.2) is 9.79 Å². The molecule has 0 bridgehead atoms. The number of nitrogens with zero attached hydrogens (tertiary/aromatic N) is 2. The minimum atomic E-state index is -0.604. The monoisotopic (exact) mass is 506 g/mol. The van der Waals surface area contributed by atoms with Gasteiger partial charge in [0.05, 0.1) is 15.8 Å². The molecule has 1 aliphatic heterocycles. The van der Waals surface area contributed by atoms with E-state index in [0.29, 0.717) is 25.6 Å². The molecule has 1 atom stereocenters. The lowest BCUT2D eigenvalue weighted by molar-refractivity contribution is -0.140. The molecular formula is C26H19ClN2O3S2. The Morgan fingerprint density at radius 2 is 1.88 bits per heavy atom. The Morgan fingerprint density at radius 3 is 2.62 bits per heavy atom. The predicted octanol–water partition coefficient (Wildman–Crippen LogP) is 4.69. The summed E-state index contributed by atoms with van der Waals surface area (Å²) in [6.07, 6.45) is 1.77. The Kier molecular flexibility index (Phi) is 6.32.